The Bertz CT molecular complexity index is 589. The van der Waals surface area contributed by atoms with Gasteiger partial charge in [-0.25, -0.2) is 4.79 Å². The van der Waals surface area contributed by atoms with Gasteiger partial charge in [-0.3, -0.25) is 0 Å². The van der Waals surface area contributed by atoms with Crippen molar-refractivity contribution in [2.45, 2.75) is 64.1 Å². The van der Waals surface area contributed by atoms with Gasteiger partial charge in [0, 0.05) is 11.4 Å². The van der Waals surface area contributed by atoms with Gasteiger partial charge in [0.25, 0.3) is 0 Å². The number of carbonyl (C=O) groups excluding carboxylic acids is 1. The van der Waals surface area contributed by atoms with E-state index in [1.54, 1.807) is 41.5 Å². The first kappa shape index (κ1) is 21.8. The van der Waals surface area contributed by atoms with Crippen molar-refractivity contribution in [3.05, 3.63) is 35.4 Å². The predicted octanol–water partition coefficient (Wildman–Crippen LogP) is 4.30. The summed E-state index contributed by atoms with van der Waals surface area (Å²) in [6.45, 7) is 9.83. The summed E-state index contributed by atoms with van der Waals surface area (Å²) in [5.41, 5.74) is -0.677. The van der Waals surface area contributed by atoms with E-state index in [1.165, 1.54) is 24.3 Å². The number of nitrogens with one attached hydrogen (secondary N) is 1. The summed E-state index contributed by atoms with van der Waals surface area (Å²) in [5.74, 6) is -0.617. The number of hydrogen-bond acceptors (Lipinski definition) is 4. The van der Waals surface area contributed by atoms with E-state index in [0.29, 0.717) is 0 Å². The van der Waals surface area contributed by atoms with Crippen molar-refractivity contribution >= 4 is 17.3 Å². The molecule has 0 amide bonds. The van der Waals surface area contributed by atoms with Gasteiger partial charge in [0.2, 0.25) is 0 Å². The second kappa shape index (κ2) is 7.55. The van der Waals surface area contributed by atoms with E-state index in [2.05, 4.69) is 4.72 Å². The molecule has 0 bridgehead atoms. The molecule has 0 fully saturated rings. The summed E-state index contributed by atoms with van der Waals surface area (Å²) < 4.78 is 58.6. The molecule has 1 aromatic rings. The molecule has 8 heteroatoms. The van der Waals surface area contributed by atoms with E-state index in [9.17, 15) is 22.5 Å². The van der Waals surface area contributed by atoms with Crippen molar-refractivity contribution < 1.29 is 27.3 Å². The predicted molar refractivity (Wildman–Crippen MR) is 91.4 cm³/mol. The van der Waals surface area contributed by atoms with Crippen LogP contribution in [0.3, 0.4) is 0 Å². The molecule has 0 heterocycles. The molecule has 0 saturated carbocycles. The second-order valence-electron chi connectivity index (χ2n) is 7.60. The van der Waals surface area contributed by atoms with Gasteiger partial charge in [0.15, 0.2) is 6.04 Å². The molecule has 2 atom stereocenters. The SMILES string of the molecule is CC(C)(C)OC(=O)c1ccc([C@@H](N[S@@+]([O-])C(C)(C)C)C(F)(F)F)cc1. The average Bonchev–Trinajstić information content (AvgIpc) is 2.40. The molecule has 0 aliphatic heterocycles. The average molecular weight is 379 g/mol. The third-order valence-electron chi connectivity index (χ3n) is 2.99. The molecule has 0 radical (unpaired) electrons. The minimum absolute atomic E-state index is 0.127. The molecule has 4 nitrogen and oxygen atoms in total. The first-order valence-corrected chi connectivity index (χ1v) is 8.84. The van der Waals surface area contributed by atoms with Gasteiger partial charge in [-0.05, 0) is 59.2 Å². The van der Waals surface area contributed by atoms with Gasteiger partial charge < -0.3 is 9.29 Å². The number of halogens is 3. The Kier molecular flexibility index (Phi) is 6.58. The quantitative estimate of drug-likeness (QED) is 0.626. The van der Waals surface area contributed by atoms with Crippen LogP contribution in [0.5, 0.6) is 0 Å². The third-order valence-corrected chi connectivity index (χ3v) is 4.55. The molecular weight excluding hydrogens is 355 g/mol. The summed E-state index contributed by atoms with van der Waals surface area (Å²) in [5, 5.41) is 0. The Hall–Kier alpha value is -1.25. The Balaban J connectivity index is 3.04. The van der Waals surface area contributed by atoms with E-state index in [1.807, 2.05) is 0 Å². The highest BCUT2D eigenvalue weighted by Gasteiger charge is 2.45. The molecule has 0 saturated heterocycles. The number of carbonyl (C=O) groups is 1. The molecule has 0 aromatic heterocycles. The molecule has 1 rings (SSSR count). The van der Waals surface area contributed by atoms with Crippen LogP contribution in [0.2, 0.25) is 0 Å². The molecular formula is C17H24F3NO3S. The van der Waals surface area contributed by atoms with Crippen molar-refractivity contribution in [3.63, 3.8) is 0 Å². The van der Waals surface area contributed by atoms with Crippen LogP contribution in [0.4, 0.5) is 13.2 Å². The Morgan fingerprint density at radius 1 is 1.08 bits per heavy atom. The molecule has 1 aromatic carbocycles. The summed E-state index contributed by atoms with van der Waals surface area (Å²) in [7, 11) is 0. The minimum Gasteiger partial charge on any atom is -0.598 e. The van der Waals surface area contributed by atoms with Crippen LogP contribution in [0.25, 0.3) is 0 Å². The van der Waals surface area contributed by atoms with Crippen molar-refractivity contribution in [3.8, 4) is 0 Å². The van der Waals surface area contributed by atoms with Gasteiger partial charge in [0.05, 0.1) is 5.56 Å². The number of hydrogen-bond donors (Lipinski definition) is 1. The Labute approximate surface area is 149 Å². The normalized spacial score (nSPS) is 15.6. The third kappa shape index (κ3) is 6.87. The smallest absolute Gasteiger partial charge is 0.412 e. The number of esters is 1. The molecule has 0 aliphatic carbocycles. The molecule has 0 unspecified atom stereocenters. The summed E-state index contributed by atoms with van der Waals surface area (Å²) >= 11 is -1.90. The van der Waals surface area contributed by atoms with E-state index in [4.69, 9.17) is 4.74 Å². The molecule has 142 valence electrons. The molecule has 0 aliphatic rings. The van der Waals surface area contributed by atoms with Crippen LogP contribution in [0, 0.1) is 0 Å². The maximum absolute atomic E-state index is 13.3. The van der Waals surface area contributed by atoms with E-state index >= 15 is 0 Å². The maximum atomic E-state index is 13.3. The van der Waals surface area contributed by atoms with Gasteiger partial charge in [-0.1, -0.05) is 12.1 Å². The zero-order chi connectivity index (χ0) is 19.6. The van der Waals surface area contributed by atoms with Crippen LogP contribution in [-0.4, -0.2) is 27.0 Å². The highest BCUT2D eigenvalue weighted by molar-refractivity contribution is 7.90. The van der Waals surface area contributed by atoms with Crippen molar-refractivity contribution in [1.29, 1.82) is 0 Å². The molecule has 25 heavy (non-hydrogen) atoms. The van der Waals surface area contributed by atoms with E-state index < -0.39 is 39.9 Å². The topological polar surface area (TPSA) is 61.4 Å². The number of benzene rings is 1. The van der Waals surface area contributed by atoms with Crippen LogP contribution < -0.4 is 4.72 Å². The lowest BCUT2D eigenvalue weighted by molar-refractivity contribution is -0.153. The maximum Gasteiger partial charge on any atom is 0.412 e. The van der Waals surface area contributed by atoms with Crippen molar-refractivity contribution in [1.82, 2.24) is 4.72 Å². The highest BCUT2D eigenvalue weighted by atomic mass is 32.2. The minimum atomic E-state index is -4.63. The van der Waals surface area contributed by atoms with Gasteiger partial charge in [-0.2, -0.15) is 13.2 Å². The first-order valence-electron chi connectivity index (χ1n) is 7.69. The zero-order valence-electron chi connectivity index (χ0n) is 15.2. The number of ether oxygens (including phenoxy) is 1. The lowest BCUT2D eigenvalue weighted by Crippen LogP contribution is -2.45. The van der Waals surface area contributed by atoms with Crippen LogP contribution in [0.15, 0.2) is 24.3 Å². The monoisotopic (exact) mass is 379 g/mol. The zero-order valence-corrected chi connectivity index (χ0v) is 16.0. The van der Waals surface area contributed by atoms with Gasteiger partial charge >= 0.3 is 12.1 Å². The van der Waals surface area contributed by atoms with Gasteiger partial charge in [-0.15, -0.1) is 4.72 Å². The standard InChI is InChI=1S/C17H24F3NO3S/c1-15(2,3)24-14(22)12-9-7-11(8-10-12)13(17(18,19)20)21-25(23)16(4,5)6/h7-10,13,21H,1-6H3/t13-,25+/m1/s1. The van der Waals surface area contributed by atoms with E-state index in [0.717, 1.165) is 0 Å². The Morgan fingerprint density at radius 3 is 1.92 bits per heavy atom. The second-order valence-corrected chi connectivity index (χ2v) is 9.60. The lowest BCUT2D eigenvalue weighted by atomic mass is 10.0. The fourth-order valence-electron chi connectivity index (χ4n) is 1.76. The lowest BCUT2D eigenvalue weighted by Gasteiger charge is -2.29. The summed E-state index contributed by atoms with van der Waals surface area (Å²) in [4.78, 5) is 11.9. The largest absolute Gasteiger partial charge is 0.598 e. The van der Waals surface area contributed by atoms with Crippen molar-refractivity contribution in [2.75, 3.05) is 0 Å². The summed E-state index contributed by atoms with van der Waals surface area (Å²) in [6.07, 6.45) is -4.63. The van der Waals surface area contributed by atoms with Crippen molar-refractivity contribution in [2.24, 2.45) is 0 Å². The van der Waals surface area contributed by atoms with E-state index in [-0.39, 0.29) is 11.1 Å². The summed E-state index contributed by atoms with van der Waals surface area (Å²) in [6, 6.07) is 2.81. The van der Waals surface area contributed by atoms with Crippen LogP contribution >= 0.6 is 0 Å². The Morgan fingerprint density at radius 2 is 1.56 bits per heavy atom. The first-order chi connectivity index (χ1) is 11.1. The highest BCUT2D eigenvalue weighted by Crippen LogP contribution is 2.34. The van der Waals surface area contributed by atoms with Crippen LogP contribution in [0.1, 0.15) is 63.5 Å². The number of rotatable bonds is 4. The molecule has 0 spiro atoms. The number of alkyl halides is 3. The molecule has 1 N–H and O–H groups in total. The van der Waals surface area contributed by atoms with Crippen LogP contribution in [-0.2, 0) is 16.1 Å². The fraction of sp³-hybridized carbons (Fsp3) is 0.588. The fourth-order valence-corrected chi connectivity index (χ4v) is 2.59. The van der Waals surface area contributed by atoms with Gasteiger partial charge in [0.1, 0.15) is 10.3 Å².